The van der Waals surface area contributed by atoms with Crippen molar-refractivity contribution in [2.45, 2.75) is 51.8 Å². The Morgan fingerprint density at radius 3 is 2.81 bits per heavy atom. The van der Waals surface area contributed by atoms with E-state index < -0.39 is 18.0 Å². The molecule has 0 bridgehead atoms. The van der Waals surface area contributed by atoms with Crippen molar-refractivity contribution in [3.05, 3.63) is 57.5 Å². The van der Waals surface area contributed by atoms with E-state index in [1.165, 1.54) is 19.1 Å². The van der Waals surface area contributed by atoms with Crippen molar-refractivity contribution >= 4 is 11.8 Å². The molecule has 0 radical (unpaired) electrons. The van der Waals surface area contributed by atoms with Crippen LogP contribution in [0.2, 0.25) is 0 Å². The summed E-state index contributed by atoms with van der Waals surface area (Å²) in [5, 5.41) is 0. The van der Waals surface area contributed by atoms with E-state index in [0.29, 0.717) is 43.0 Å². The second-order valence-corrected chi connectivity index (χ2v) is 7.95. The highest BCUT2D eigenvalue weighted by atomic mass is 19.1. The fourth-order valence-electron chi connectivity index (χ4n) is 4.21. The first kappa shape index (κ1) is 21.0. The van der Waals surface area contributed by atoms with Crippen LogP contribution in [0.5, 0.6) is 5.75 Å². The Morgan fingerprint density at radius 2 is 2.06 bits per heavy atom. The topological polar surface area (TPSA) is 95.6 Å². The van der Waals surface area contributed by atoms with Crippen LogP contribution in [0.3, 0.4) is 0 Å². The first-order valence-electron chi connectivity index (χ1n) is 10.4. The SMILES string of the molecule is CC(=O)N1CCc2c(nc([C@H]3CCCN3C(=O)[C@H](C)Oc3ccccc3F)[nH]c2=O)C1. The summed E-state index contributed by atoms with van der Waals surface area (Å²) in [4.78, 5) is 48.2. The maximum Gasteiger partial charge on any atom is 0.263 e. The van der Waals surface area contributed by atoms with Crippen LogP contribution >= 0.6 is 0 Å². The van der Waals surface area contributed by atoms with E-state index in [1.807, 2.05) is 0 Å². The van der Waals surface area contributed by atoms with Gasteiger partial charge < -0.3 is 19.5 Å². The van der Waals surface area contributed by atoms with Gasteiger partial charge in [-0.25, -0.2) is 9.37 Å². The van der Waals surface area contributed by atoms with Crippen molar-refractivity contribution in [1.29, 1.82) is 0 Å². The molecular weight excluding hydrogens is 403 g/mol. The molecule has 2 aliphatic rings. The Balaban J connectivity index is 1.56. The van der Waals surface area contributed by atoms with Gasteiger partial charge in [-0.05, 0) is 38.3 Å². The number of hydrogen-bond donors (Lipinski definition) is 1. The summed E-state index contributed by atoms with van der Waals surface area (Å²) in [5.74, 6) is -0.458. The second kappa shape index (κ2) is 8.49. The summed E-state index contributed by atoms with van der Waals surface area (Å²) in [7, 11) is 0. The maximum absolute atomic E-state index is 13.9. The number of benzene rings is 1. The van der Waals surface area contributed by atoms with Crippen LogP contribution in [0.1, 0.15) is 49.8 Å². The van der Waals surface area contributed by atoms with Crippen molar-refractivity contribution in [2.24, 2.45) is 0 Å². The Bertz CT molecular complexity index is 1070. The molecule has 1 N–H and O–H groups in total. The summed E-state index contributed by atoms with van der Waals surface area (Å²) in [5.41, 5.74) is 0.946. The number of carbonyl (C=O) groups excluding carboxylic acids is 2. The average Bonchev–Trinajstić information content (AvgIpc) is 3.24. The van der Waals surface area contributed by atoms with E-state index >= 15 is 0 Å². The quantitative estimate of drug-likeness (QED) is 0.803. The minimum Gasteiger partial charge on any atom is -0.478 e. The molecule has 2 atom stereocenters. The number of H-pyrrole nitrogens is 1. The van der Waals surface area contributed by atoms with Gasteiger partial charge in [0.1, 0.15) is 5.82 Å². The largest absolute Gasteiger partial charge is 0.478 e. The third-order valence-corrected chi connectivity index (χ3v) is 5.88. The van der Waals surface area contributed by atoms with Crippen LogP contribution in [0.15, 0.2) is 29.1 Å². The lowest BCUT2D eigenvalue weighted by Gasteiger charge is -2.29. The van der Waals surface area contributed by atoms with Crippen molar-refractivity contribution < 1.29 is 18.7 Å². The number of aromatic amines is 1. The van der Waals surface area contributed by atoms with Gasteiger partial charge in [0.2, 0.25) is 5.91 Å². The molecule has 1 fully saturated rings. The number of aromatic nitrogens is 2. The molecule has 0 saturated carbocycles. The minimum absolute atomic E-state index is 0.0173. The zero-order valence-electron chi connectivity index (χ0n) is 17.6. The maximum atomic E-state index is 13.9. The van der Waals surface area contributed by atoms with Crippen molar-refractivity contribution in [2.75, 3.05) is 13.1 Å². The number of carbonyl (C=O) groups is 2. The van der Waals surface area contributed by atoms with Gasteiger partial charge in [0.05, 0.1) is 18.3 Å². The third kappa shape index (κ3) is 4.17. The van der Waals surface area contributed by atoms with Crippen molar-refractivity contribution in [1.82, 2.24) is 19.8 Å². The first-order valence-corrected chi connectivity index (χ1v) is 10.4. The zero-order valence-corrected chi connectivity index (χ0v) is 17.6. The van der Waals surface area contributed by atoms with Crippen LogP contribution in [0, 0.1) is 5.82 Å². The predicted molar refractivity (Wildman–Crippen MR) is 110 cm³/mol. The molecule has 8 nitrogen and oxygen atoms in total. The zero-order chi connectivity index (χ0) is 22.1. The molecule has 164 valence electrons. The molecule has 1 aromatic heterocycles. The van der Waals surface area contributed by atoms with Crippen molar-refractivity contribution in [3.63, 3.8) is 0 Å². The molecule has 2 aromatic rings. The van der Waals surface area contributed by atoms with E-state index in [0.717, 1.165) is 6.42 Å². The molecular formula is C22H25FN4O4. The molecule has 9 heteroatoms. The number of rotatable bonds is 4. The summed E-state index contributed by atoms with van der Waals surface area (Å²) >= 11 is 0. The Labute approximate surface area is 179 Å². The standard InChI is InChI=1S/C22H25FN4O4/c1-13(31-19-8-4-3-6-16(19)23)22(30)27-10-5-7-18(27)20-24-17-12-26(14(2)28)11-9-15(17)21(29)25-20/h3-4,6,8,13,18H,5,7,9-12H2,1-2H3,(H,24,25,29)/t13-,18+/m0/s1. The summed E-state index contributed by atoms with van der Waals surface area (Å²) in [6.45, 7) is 4.35. The number of amides is 2. The van der Waals surface area contributed by atoms with Gasteiger partial charge in [0.25, 0.3) is 11.5 Å². The van der Waals surface area contributed by atoms with Gasteiger partial charge in [-0.2, -0.15) is 0 Å². The first-order chi connectivity index (χ1) is 14.8. The molecule has 0 unspecified atom stereocenters. The van der Waals surface area contributed by atoms with E-state index in [2.05, 4.69) is 9.97 Å². The molecule has 1 aromatic carbocycles. The number of nitrogens with one attached hydrogen (secondary N) is 1. The van der Waals surface area contributed by atoms with Crippen molar-refractivity contribution in [3.8, 4) is 5.75 Å². The number of fused-ring (bicyclic) bond motifs is 1. The number of ether oxygens (including phenoxy) is 1. The molecule has 2 aliphatic heterocycles. The number of para-hydroxylation sites is 1. The second-order valence-electron chi connectivity index (χ2n) is 7.95. The van der Waals surface area contributed by atoms with Gasteiger partial charge in [-0.3, -0.25) is 14.4 Å². The average molecular weight is 428 g/mol. The Kier molecular flexibility index (Phi) is 5.75. The highest BCUT2D eigenvalue weighted by molar-refractivity contribution is 5.81. The van der Waals surface area contributed by atoms with Gasteiger partial charge in [-0.1, -0.05) is 12.1 Å². The molecule has 3 heterocycles. The van der Waals surface area contributed by atoms with E-state index in [9.17, 15) is 18.8 Å². The lowest BCUT2D eigenvalue weighted by molar-refractivity contribution is -0.139. The number of hydrogen-bond acceptors (Lipinski definition) is 5. The van der Waals surface area contributed by atoms with E-state index in [1.54, 1.807) is 28.9 Å². The lowest BCUT2D eigenvalue weighted by atomic mass is 10.1. The summed E-state index contributed by atoms with van der Waals surface area (Å²) in [6.07, 6.45) is 0.966. The third-order valence-electron chi connectivity index (χ3n) is 5.88. The molecule has 0 spiro atoms. The van der Waals surface area contributed by atoms with Gasteiger partial charge in [0.15, 0.2) is 17.7 Å². The number of likely N-dealkylation sites (tertiary alicyclic amines) is 1. The highest BCUT2D eigenvalue weighted by Gasteiger charge is 2.36. The molecule has 0 aliphatic carbocycles. The van der Waals surface area contributed by atoms with Crippen LogP contribution < -0.4 is 10.3 Å². The van der Waals surface area contributed by atoms with Crippen LogP contribution in [-0.2, 0) is 22.6 Å². The molecule has 31 heavy (non-hydrogen) atoms. The Morgan fingerprint density at radius 1 is 1.29 bits per heavy atom. The van der Waals surface area contributed by atoms with Gasteiger partial charge in [-0.15, -0.1) is 0 Å². The number of nitrogens with zero attached hydrogens (tertiary/aromatic N) is 3. The van der Waals surface area contributed by atoms with Crippen LogP contribution in [0.4, 0.5) is 4.39 Å². The summed E-state index contributed by atoms with van der Waals surface area (Å²) < 4.78 is 19.5. The summed E-state index contributed by atoms with van der Waals surface area (Å²) in [6, 6.07) is 5.54. The van der Waals surface area contributed by atoms with Gasteiger partial charge in [0, 0.05) is 25.6 Å². The lowest BCUT2D eigenvalue weighted by Crippen LogP contribution is -2.42. The fourth-order valence-corrected chi connectivity index (χ4v) is 4.21. The molecule has 4 rings (SSSR count). The highest BCUT2D eigenvalue weighted by Crippen LogP contribution is 2.31. The minimum atomic E-state index is -0.893. The Hall–Kier alpha value is -3.23. The van der Waals surface area contributed by atoms with E-state index in [4.69, 9.17) is 4.74 Å². The van der Waals surface area contributed by atoms with Gasteiger partial charge >= 0.3 is 0 Å². The normalized spacial score (nSPS) is 19.1. The fraction of sp³-hybridized carbons (Fsp3) is 0.455. The monoisotopic (exact) mass is 428 g/mol. The van der Waals surface area contributed by atoms with Crippen LogP contribution in [0.25, 0.3) is 0 Å². The number of halogens is 1. The predicted octanol–water partition coefficient (Wildman–Crippen LogP) is 1.94. The molecule has 1 saturated heterocycles. The molecule has 2 amide bonds. The van der Waals surface area contributed by atoms with Crippen LogP contribution in [-0.4, -0.2) is 50.8 Å². The smallest absolute Gasteiger partial charge is 0.263 e. The van der Waals surface area contributed by atoms with E-state index in [-0.39, 0.29) is 29.7 Å².